The van der Waals surface area contributed by atoms with E-state index in [1.165, 1.54) is 44.9 Å². The number of esters is 2. The van der Waals surface area contributed by atoms with Crippen LogP contribution in [0.4, 0.5) is 0 Å². The Hall–Kier alpha value is -0.990. The van der Waals surface area contributed by atoms with Crippen LogP contribution >= 0.6 is 7.82 Å². The minimum atomic E-state index is -4.34. The van der Waals surface area contributed by atoms with Crippen molar-refractivity contribution in [1.82, 2.24) is 0 Å². The number of likely N-dealkylation sites (N-methyl/N-ethyl adjacent to an activating group) is 1. The topological polar surface area (TPSA) is 108 Å². The average Bonchev–Trinajstić information content (AvgIpc) is 2.83. The number of quaternary nitrogens is 1. The van der Waals surface area contributed by atoms with Gasteiger partial charge in [-0.05, 0) is 12.8 Å². The molecule has 0 fully saturated rings. The van der Waals surface area contributed by atoms with Crippen LogP contribution in [-0.2, 0) is 32.7 Å². The van der Waals surface area contributed by atoms with Crippen LogP contribution in [0.5, 0.6) is 0 Å². The molecule has 0 saturated heterocycles. The quantitative estimate of drug-likeness (QED) is 0.0543. The first-order chi connectivity index (χ1) is 18.0. The number of phosphoric ester groups is 1. The van der Waals surface area contributed by atoms with Gasteiger partial charge in [-0.2, -0.15) is 0 Å². The lowest BCUT2D eigenvalue weighted by Gasteiger charge is -2.24. The standard InChI is InChI=1S/C28H56NO8P/c1-6-8-10-12-13-14-15-16-17-19-21-28(31)37-26(24-34-27(30)20-18-11-9-7-2)25-36-38(32,33)35-23-22-29(3,4)5/h26H,6-25H2,1-5H3/p+1. The molecule has 226 valence electrons. The van der Waals surface area contributed by atoms with Crippen LogP contribution in [0, 0.1) is 0 Å². The Labute approximate surface area is 232 Å². The summed E-state index contributed by atoms with van der Waals surface area (Å²) in [5.41, 5.74) is 0. The minimum Gasteiger partial charge on any atom is -0.462 e. The lowest BCUT2D eigenvalue weighted by atomic mass is 10.1. The highest BCUT2D eigenvalue weighted by molar-refractivity contribution is 7.47. The van der Waals surface area contributed by atoms with Crippen LogP contribution in [0.2, 0.25) is 0 Å². The largest absolute Gasteiger partial charge is 0.472 e. The number of phosphoric acid groups is 1. The lowest BCUT2D eigenvalue weighted by Crippen LogP contribution is -2.37. The second kappa shape index (κ2) is 22.8. The van der Waals surface area contributed by atoms with E-state index in [-0.39, 0.29) is 32.0 Å². The normalized spacial score (nSPS) is 14.2. The fourth-order valence-electron chi connectivity index (χ4n) is 3.72. The number of rotatable bonds is 26. The third kappa shape index (κ3) is 25.3. The average molecular weight is 567 g/mol. The van der Waals surface area contributed by atoms with Crippen LogP contribution < -0.4 is 0 Å². The van der Waals surface area contributed by atoms with Gasteiger partial charge < -0.3 is 18.9 Å². The van der Waals surface area contributed by atoms with Crippen molar-refractivity contribution in [3.05, 3.63) is 0 Å². The zero-order valence-electron chi connectivity index (χ0n) is 24.9. The Morgan fingerprint density at radius 1 is 0.711 bits per heavy atom. The predicted molar refractivity (Wildman–Crippen MR) is 151 cm³/mol. The summed E-state index contributed by atoms with van der Waals surface area (Å²) in [7, 11) is 1.48. The van der Waals surface area contributed by atoms with Crippen molar-refractivity contribution in [2.75, 3.05) is 47.5 Å². The van der Waals surface area contributed by atoms with E-state index in [2.05, 4.69) is 13.8 Å². The van der Waals surface area contributed by atoms with Crippen molar-refractivity contribution >= 4 is 19.8 Å². The fourth-order valence-corrected chi connectivity index (χ4v) is 4.46. The smallest absolute Gasteiger partial charge is 0.462 e. The van der Waals surface area contributed by atoms with Gasteiger partial charge in [0.05, 0.1) is 27.7 Å². The Kier molecular flexibility index (Phi) is 22.2. The zero-order valence-corrected chi connectivity index (χ0v) is 25.8. The van der Waals surface area contributed by atoms with Gasteiger partial charge in [0, 0.05) is 12.8 Å². The van der Waals surface area contributed by atoms with Gasteiger partial charge in [0.1, 0.15) is 19.8 Å². The first-order valence-electron chi connectivity index (χ1n) is 14.8. The molecule has 0 saturated carbocycles. The van der Waals surface area contributed by atoms with E-state index in [1.807, 2.05) is 21.1 Å². The molecule has 0 radical (unpaired) electrons. The van der Waals surface area contributed by atoms with Crippen molar-refractivity contribution in [3.63, 3.8) is 0 Å². The molecule has 0 aliphatic heterocycles. The summed E-state index contributed by atoms with van der Waals surface area (Å²) < 4.78 is 33.6. The summed E-state index contributed by atoms with van der Waals surface area (Å²) in [4.78, 5) is 34.5. The van der Waals surface area contributed by atoms with Crippen molar-refractivity contribution in [3.8, 4) is 0 Å². The molecule has 0 heterocycles. The van der Waals surface area contributed by atoms with Gasteiger partial charge in [0.25, 0.3) is 0 Å². The summed E-state index contributed by atoms with van der Waals surface area (Å²) in [5, 5.41) is 0. The highest BCUT2D eigenvalue weighted by Gasteiger charge is 2.27. The van der Waals surface area contributed by atoms with Crippen LogP contribution in [0.1, 0.15) is 117 Å². The second-order valence-electron chi connectivity index (χ2n) is 11.1. The van der Waals surface area contributed by atoms with Crippen LogP contribution in [0.25, 0.3) is 0 Å². The molecule has 0 aliphatic carbocycles. The minimum absolute atomic E-state index is 0.0349. The maximum Gasteiger partial charge on any atom is 0.472 e. The third-order valence-electron chi connectivity index (χ3n) is 6.14. The number of hydrogen-bond donors (Lipinski definition) is 1. The highest BCUT2D eigenvalue weighted by Crippen LogP contribution is 2.43. The third-order valence-corrected chi connectivity index (χ3v) is 7.12. The molecule has 2 atom stereocenters. The lowest BCUT2D eigenvalue weighted by molar-refractivity contribution is -0.870. The molecule has 0 aliphatic rings. The maximum absolute atomic E-state index is 12.4. The SMILES string of the molecule is CCCCCCCCCCCCC(=O)OC(COC(=O)CCCCCC)COP(=O)(O)OCC[N+](C)(C)C. The van der Waals surface area contributed by atoms with Crippen LogP contribution in [0.3, 0.4) is 0 Å². The van der Waals surface area contributed by atoms with Crippen molar-refractivity contribution < 1.29 is 42.1 Å². The summed E-state index contributed by atoms with van der Waals surface area (Å²) in [6, 6.07) is 0. The number of carbonyl (C=O) groups excluding carboxylic acids is 2. The number of carbonyl (C=O) groups is 2. The van der Waals surface area contributed by atoms with Crippen molar-refractivity contribution in [2.24, 2.45) is 0 Å². The molecular formula is C28H57NO8P+. The Balaban J connectivity index is 4.50. The Morgan fingerprint density at radius 2 is 1.18 bits per heavy atom. The van der Waals surface area contributed by atoms with E-state index >= 15 is 0 Å². The van der Waals surface area contributed by atoms with E-state index in [4.69, 9.17) is 18.5 Å². The predicted octanol–water partition coefficient (Wildman–Crippen LogP) is 6.56. The fraction of sp³-hybridized carbons (Fsp3) is 0.929. The molecule has 9 nitrogen and oxygen atoms in total. The van der Waals surface area contributed by atoms with Gasteiger partial charge in [0.15, 0.2) is 6.10 Å². The summed E-state index contributed by atoms with van der Waals surface area (Å²) >= 11 is 0. The zero-order chi connectivity index (χ0) is 28.7. The first-order valence-corrected chi connectivity index (χ1v) is 16.3. The molecule has 0 amide bonds. The highest BCUT2D eigenvalue weighted by atomic mass is 31.2. The van der Waals surface area contributed by atoms with Gasteiger partial charge >= 0.3 is 19.8 Å². The van der Waals surface area contributed by atoms with E-state index in [0.29, 0.717) is 17.4 Å². The van der Waals surface area contributed by atoms with E-state index in [1.54, 1.807) is 0 Å². The molecule has 0 aromatic heterocycles. The number of hydrogen-bond acceptors (Lipinski definition) is 7. The Bertz CT molecular complexity index is 653. The number of unbranched alkanes of at least 4 members (excludes halogenated alkanes) is 12. The molecular weight excluding hydrogens is 509 g/mol. The van der Waals surface area contributed by atoms with Gasteiger partial charge in [0.2, 0.25) is 0 Å². The van der Waals surface area contributed by atoms with Crippen molar-refractivity contribution in [1.29, 1.82) is 0 Å². The summed E-state index contributed by atoms with van der Waals surface area (Å²) in [6.07, 6.45) is 15.0. The summed E-state index contributed by atoms with van der Waals surface area (Å²) in [6.45, 7) is 4.24. The molecule has 0 aromatic rings. The van der Waals surface area contributed by atoms with Gasteiger partial charge in [-0.25, -0.2) is 4.57 Å². The van der Waals surface area contributed by atoms with Gasteiger partial charge in [-0.3, -0.25) is 18.6 Å². The second-order valence-corrected chi connectivity index (χ2v) is 12.6. The molecule has 0 spiro atoms. The van der Waals surface area contributed by atoms with Crippen molar-refractivity contribution in [2.45, 2.75) is 123 Å². The first kappa shape index (κ1) is 37.0. The van der Waals surface area contributed by atoms with E-state index in [9.17, 15) is 19.0 Å². The monoisotopic (exact) mass is 566 g/mol. The molecule has 1 N–H and O–H groups in total. The molecule has 2 unspecified atom stereocenters. The van der Waals surface area contributed by atoms with Gasteiger partial charge in [-0.15, -0.1) is 0 Å². The molecule has 0 bridgehead atoms. The number of ether oxygens (including phenoxy) is 2. The molecule has 38 heavy (non-hydrogen) atoms. The maximum atomic E-state index is 12.4. The van der Waals surface area contributed by atoms with E-state index in [0.717, 1.165) is 38.5 Å². The van der Waals surface area contributed by atoms with Gasteiger partial charge in [-0.1, -0.05) is 90.9 Å². The molecule has 0 aromatic carbocycles. The molecule has 10 heteroatoms. The van der Waals surface area contributed by atoms with E-state index < -0.39 is 26.5 Å². The Morgan fingerprint density at radius 3 is 1.71 bits per heavy atom. The van der Waals surface area contributed by atoms with Crippen LogP contribution in [0.15, 0.2) is 0 Å². The number of nitrogens with zero attached hydrogens (tertiary/aromatic N) is 1. The summed E-state index contributed by atoms with van der Waals surface area (Å²) in [5.74, 6) is -0.820. The molecule has 0 rings (SSSR count). The van der Waals surface area contributed by atoms with Crippen LogP contribution in [-0.4, -0.2) is 74.9 Å².